The fourth-order valence-electron chi connectivity index (χ4n) is 3.91. The topological polar surface area (TPSA) is 81.9 Å². The molecular formula is C25H21N5O2. The van der Waals surface area contributed by atoms with Crippen LogP contribution < -0.4 is 5.32 Å². The van der Waals surface area contributed by atoms with Gasteiger partial charge in [0.2, 0.25) is 5.95 Å². The normalized spacial score (nSPS) is 12.5. The molecule has 1 aliphatic rings. The molecule has 7 heteroatoms. The second-order valence-electron chi connectivity index (χ2n) is 7.40. The van der Waals surface area contributed by atoms with E-state index in [4.69, 9.17) is 4.74 Å². The van der Waals surface area contributed by atoms with Crippen LogP contribution in [-0.2, 0) is 4.74 Å². The molecule has 0 radical (unpaired) electrons. The van der Waals surface area contributed by atoms with Gasteiger partial charge < -0.3 is 10.1 Å². The first-order chi connectivity index (χ1) is 15.8. The summed E-state index contributed by atoms with van der Waals surface area (Å²) in [6.45, 7) is 0.646. The highest BCUT2D eigenvalue weighted by Gasteiger charge is 2.28. The molecule has 0 saturated heterocycles. The van der Waals surface area contributed by atoms with Gasteiger partial charge in [-0.25, -0.2) is 19.7 Å². The van der Waals surface area contributed by atoms with Crippen LogP contribution in [0.1, 0.15) is 22.6 Å². The highest BCUT2D eigenvalue weighted by molar-refractivity contribution is 5.79. The second kappa shape index (κ2) is 8.85. The molecular weight excluding hydrogens is 402 g/mol. The van der Waals surface area contributed by atoms with Crippen molar-refractivity contribution in [1.29, 1.82) is 0 Å². The molecule has 1 N–H and O–H groups in total. The van der Waals surface area contributed by atoms with E-state index >= 15 is 0 Å². The number of imidazole rings is 1. The summed E-state index contributed by atoms with van der Waals surface area (Å²) in [4.78, 5) is 24.8. The zero-order valence-electron chi connectivity index (χ0n) is 17.3. The Morgan fingerprint density at radius 3 is 2.38 bits per heavy atom. The Morgan fingerprint density at radius 2 is 1.72 bits per heavy atom. The summed E-state index contributed by atoms with van der Waals surface area (Å²) in [6.07, 6.45) is 11.8. The number of amides is 1. The molecule has 0 saturated carbocycles. The third-order valence-corrected chi connectivity index (χ3v) is 5.41. The zero-order chi connectivity index (χ0) is 21.8. The minimum Gasteiger partial charge on any atom is -0.449 e. The molecule has 0 atom stereocenters. The minimum absolute atomic E-state index is 0.0508. The van der Waals surface area contributed by atoms with Gasteiger partial charge in [0.25, 0.3) is 0 Å². The number of fused-ring (bicyclic) bond motifs is 3. The van der Waals surface area contributed by atoms with Crippen molar-refractivity contribution in [2.45, 2.75) is 5.92 Å². The van der Waals surface area contributed by atoms with Crippen LogP contribution in [0.2, 0.25) is 0 Å². The SMILES string of the molecule is O=C(NCC=Cc1cnc(-n2ccnc2)nc1)OCC1c2ccccc2-c2ccccc21. The van der Waals surface area contributed by atoms with E-state index in [0.717, 1.165) is 5.56 Å². The maximum Gasteiger partial charge on any atom is 0.407 e. The van der Waals surface area contributed by atoms with Gasteiger partial charge in [0, 0.05) is 42.8 Å². The molecule has 7 nitrogen and oxygen atoms in total. The molecule has 2 aromatic heterocycles. The first kappa shape index (κ1) is 19.7. The minimum atomic E-state index is -0.441. The fourth-order valence-corrected chi connectivity index (χ4v) is 3.91. The number of alkyl carbamates (subject to hydrolysis) is 1. The smallest absolute Gasteiger partial charge is 0.407 e. The summed E-state index contributed by atoms with van der Waals surface area (Å²) in [6, 6.07) is 16.6. The van der Waals surface area contributed by atoms with E-state index in [2.05, 4.69) is 44.5 Å². The van der Waals surface area contributed by atoms with E-state index in [1.807, 2.05) is 36.4 Å². The lowest BCUT2D eigenvalue weighted by Crippen LogP contribution is -2.26. The van der Waals surface area contributed by atoms with Crippen molar-refractivity contribution >= 4 is 12.2 Å². The van der Waals surface area contributed by atoms with Crippen LogP contribution in [-0.4, -0.2) is 38.8 Å². The van der Waals surface area contributed by atoms with Gasteiger partial charge in [-0.1, -0.05) is 60.7 Å². The Morgan fingerprint density at radius 1 is 1.03 bits per heavy atom. The number of nitrogens with zero attached hydrogens (tertiary/aromatic N) is 4. The maximum absolute atomic E-state index is 12.2. The molecule has 1 aliphatic carbocycles. The number of carbonyl (C=O) groups excluding carboxylic acids is 1. The van der Waals surface area contributed by atoms with Crippen molar-refractivity contribution in [1.82, 2.24) is 24.8 Å². The Labute approximate surface area is 185 Å². The molecule has 2 heterocycles. The summed E-state index contributed by atoms with van der Waals surface area (Å²) in [5.74, 6) is 0.603. The highest BCUT2D eigenvalue weighted by Crippen LogP contribution is 2.44. The molecule has 5 rings (SSSR count). The summed E-state index contributed by atoms with van der Waals surface area (Å²) < 4.78 is 7.26. The predicted octanol–water partition coefficient (Wildman–Crippen LogP) is 4.21. The van der Waals surface area contributed by atoms with Crippen LogP contribution in [0.5, 0.6) is 0 Å². The Bertz CT molecular complexity index is 1200. The van der Waals surface area contributed by atoms with Crippen molar-refractivity contribution in [3.8, 4) is 17.1 Å². The maximum atomic E-state index is 12.2. The predicted molar refractivity (Wildman–Crippen MR) is 121 cm³/mol. The lowest BCUT2D eigenvalue weighted by atomic mass is 9.98. The average Bonchev–Trinajstić information content (AvgIpc) is 3.48. The van der Waals surface area contributed by atoms with Gasteiger partial charge in [-0.05, 0) is 22.3 Å². The summed E-state index contributed by atoms with van der Waals surface area (Å²) in [7, 11) is 0. The monoisotopic (exact) mass is 423 g/mol. The molecule has 4 aromatic rings. The molecule has 2 aromatic carbocycles. The molecule has 0 fully saturated rings. The van der Waals surface area contributed by atoms with Crippen molar-refractivity contribution in [3.63, 3.8) is 0 Å². The van der Waals surface area contributed by atoms with Gasteiger partial charge in [0.05, 0.1) is 0 Å². The fraction of sp³-hybridized carbons (Fsp3) is 0.120. The quantitative estimate of drug-likeness (QED) is 0.502. The van der Waals surface area contributed by atoms with Crippen LogP contribution in [0.15, 0.2) is 85.7 Å². The first-order valence-electron chi connectivity index (χ1n) is 10.4. The number of nitrogens with one attached hydrogen (secondary N) is 1. The summed E-state index contributed by atoms with van der Waals surface area (Å²) >= 11 is 0. The van der Waals surface area contributed by atoms with Gasteiger partial charge in [-0.3, -0.25) is 4.57 Å². The number of rotatable bonds is 6. The Kier molecular flexibility index (Phi) is 5.45. The Balaban J connectivity index is 1.14. The number of hydrogen-bond acceptors (Lipinski definition) is 5. The van der Waals surface area contributed by atoms with Crippen molar-refractivity contribution in [2.24, 2.45) is 0 Å². The second-order valence-corrected chi connectivity index (χ2v) is 7.40. The number of carbonyl (C=O) groups is 1. The van der Waals surface area contributed by atoms with Crippen LogP contribution in [0.25, 0.3) is 23.2 Å². The number of aromatic nitrogens is 4. The largest absolute Gasteiger partial charge is 0.449 e. The number of benzene rings is 2. The molecule has 1 amide bonds. The highest BCUT2D eigenvalue weighted by atomic mass is 16.5. The molecule has 158 valence electrons. The average molecular weight is 423 g/mol. The van der Waals surface area contributed by atoms with E-state index in [0.29, 0.717) is 19.1 Å². The van der Waals surface area contributed by atoms with E-state index in [9.17, 15) is 4.79 Å². The third kappa shape index (κ3) is 4.00. The van der Waals surface area contributed by atoms with E-state index in [-0.39, 0.29) is 5.92 Å². The Hall–Kier alpha value is -4.26. The van der Waals surface area contributed by atoms with Crippen LogP contribution >= 0.6 is 0 Å². The van der Waals surface area contributed by atoms with E-state index in [1.165, 1.54) is 22.3 Å². The molecule has 32 heavy (non-hydrogen) atoms. The van der Waals surface area contributed by atoms with Gasteiger partial charge in [-0.2, -0.15) is 0 Å². The summed E-state index contributed by atoms with van der Waals surface area (Å²) in [5.41, 5.74) is 5.65. The van der Waals surface area contributed by atoms with Gasteiger partial charge in [0.15, 0.2) is 0 Å². The molecule has 0 spiro atoms. The zero-order valence-corrected chi connectivity index (χ0v) is 17.3. The lowest BCUT2D eigenvalue weighted by Gasteiger charge is -2.14. The van der Waals surface area contributed by atoms with E-state index < -0.39 is 6.09 Å². The standard InChI is InChI=1S/C25H21N5O2/c31-25(27-11-5-6-18-14-28-24(29-15-18)30-13-12-26-17-30)32-16-23-21-9-3-1-7-19(21)20-8-2-4-10-22(20)23/h1-10,12-15,17,23H,11,16H2,(H,27,31). The van der Waals surface area contributed by atoms with Crippen molar-refractivity contribution < 1.29 is 9.53 Å². The van der Waals surface area contributed by atoms with Crippen LogP contribution in [0.3, 0.4) is 0 Å². The van der Waals surface area contributed by atoms with Gasteiger partial charge in [0.1, 0.15) is 12.9 Å². The number of hydrogen-bond donors (Lipinski definition) is 1. The number of ether oxygens (including phenoxy) is 1. The third-order valence-electron chi connectivity index (χ3n) is 5.41. The summed E-state index contributed by atoms with van der Waals surface area (Å²) in [5, 5.41) is 2.76. The van der Waals surface area contributed by atoms with E-state index in [1.54, 1.807) is 35.7 Å². The van der Waals surface area contributed by atoms with Crippen molar-refractivity contribution in [3.05, 3.63) is 102 Å². The van der Waals surface area contributed by atoms with Crippen LogP contribution in [0.4, 0.5) is 4.79 Å². The van der Waals surface area contributed by atoms with Crippen LogP contribution in [0, 0.1) is 0 Å². The molecule has 0 aliphatic heterocycles. The lowest BCUT2D eigenvalue weighted by molar-refractivity contribution is 0.144. The van der Waals surface area contributed by atoms with Gasteiger partial charge in [-0.15, -0.1) is 0 Å². The van der Waals surface area contributed by atoms with Crippen molar-refractivity contribution in [2.75, 3.05) is 13.2 Å². The molecule has 0 unspecified atom stereocenters. The molecule has 0 bridgehead atoms. The first-order valence-corrected chi connectivity index (χ1v) is 10.4. The van der Waals surface area contributed by atoms with Gasteiger partial charge >= 0.3 is 6.09 Å².